The van der Waals surface area contributed by atoms with Gasteiger partial charge >= 0.3 is 0 Å². The van der Waals surface area contributed by atoms with Gasteiger partial charge in [-0.05, 0) is 13.8 Å². The fraction of sp³-hybridized carbons (Fsp3) is 0.273. The van der Waals surface area contributed by atoms with Crippen LogP contribution in [0.5, 0.6) is 5.88 Å². The second kappa shape index (κ2) is 4.32. The van der Waals surface area contributed by atoms with Crippen molar-refractivity contribution in [2.24, 2.45) is 0 Å². The van der Waals surface area contributed by atoms with E-state index in [4.69, 9.17) is 4.74 Å². The zero-order chi connectivity index (χ0) is 12.4. The molecule has 17 heavy (non-hydrogen) atoms. The van der Waals surface area contributed by atoms with Gasteiger partial charge in [0.2, 0.25) is 5.88 Å². The highest BCUT2D eigenvalue weighted by Gasteiger charge is 2.13. The summed E-state index contributed by atoms with van der Waals surface area (Å²) < 4.78 is 6.52. The molecule has 0 unspecified atom stereocenters. The van der Waals surface area contributed by atoms with Crippen molar-refractivity contribution >= 4 is 5.78 Å². The Morgan fingerprint density at radius 2 is 2.24 bits per heavy atom. The Hall–Kier alpha value is -2.24. The zero-order valence-electron chi connectivity index (χ0n) is 9.84. The van der Waals surface area contributed by atoms with Crippen LogP contribution in [0.4, 0.5) is 0 Å². The van der Waals surface area contributed by atoms with E-state index in [-0.39, 0.29) is 5.78 Å². The Bertz CT molecular complexity index is 562. The van der Waals surface area contributed by atoms with Crippen molar-refractivity contribution in [2.45, 2.75) is 13.8 Å². The van der Waals surface area contributed by atoms with E-state index in [1.807, 2.05) is 0 Å². The maximum atomic E-state index is 11.3. The molecule has 0 bridgehead atoms. The largest absolute Gasteiger partial charge is 0.481 e. The van der Waals surface area contributed by atoms with Crippen LogP contribution in [0.15, 0.2) is 18.5 Å². The number of aromatic nitrogens is 4. The smallest absolute Gasteiger partial charge is 0.254 e. The molecular weight excluding hydrogens is 220 g/mol. The van der Waals surface area contributed by atoms with Crippen LogP contribution in [-0.4, -0.2) is 32.6 Å². The van der Waals surface area contributed by atoms with Crippen molar-refractivity contribution in [3.8, 4) is 11.8 Å². The number of ketones is 1. The first-order chi connectivity index (χ1) is 8.13. The van der Waals surface area contributed by atoms with Crippen LogP contribution < -0.4 is 4.74 Å². The summed E-state index contributed by atoms with van der Waals surface area (Å²) in [5.74, 6) is 0.806. The molecule has 0 spiro atoms. The van der Waals surface area contributed by atoms with Crippen LogP contribution in [-0.2, 0) is 0 Å². The maximum absolute atomic E-state index is 11.3. The van der Waals surface area contributed by atoms with E-state index in [1.165, 1.54) is 24.9 Å². The number of hydrogen-bond acceptors (Lipinski definition) is 5. The van der Waals surface area contributed by atoms with Gasteiger partial charge in [0.25, 0.3) is 5.95 Å². The van der Waals surface area contributed by atoms with Gasteiger partial charge in [-0.1, -0.05) is 0 Å². The third kappa shape index (κ3) is 2.01. The minimum atomic E-state index is -0.0309. The summed E-state index contributed by atoms with van der Waals surface area (Å²) in [5.41, 5.74) is 1.28. The van der Waals surface area contributed by atoms with Crippen LogP contribution in [0.1, 0.15) is 23.0 Å². The Balaban J connectivity index is 2.49. The van der Waals surface area contributed by atoms with E-state index in [1.54, 1.807) is 19.2 Å². The van der Waals surface area contributed by atoms with Crippen molar-refractivity contribution in [3.63, 3.8) is 0 Å². The molecule has 6 heteroatoms. The van der Waals surface area contributed by atoms with Crippen LogP contribution in [0.3, 0.4) is 0 Å². The molecule has 0 amide bonds. The highest BCUT2D eigenvalue weighted by Crippen LogP contribution is 2.13. The molecule has 0 aliphatic carbocycles. The molecule has 0 N–H and O–H groups in total. The minimum absolute atomic E-state index is 0.0309. The van der Waals surface area contributed by atoms with Gasteiger partial charge in [0, 0.05) is 12.3 Å². The van der Waals surface area contributed by atoms with Gasteiger partial charge in [0.05, 0.1) is 24.6 Å². The summed E-state index contributed by atoms with van der Waals surface area (Å²) in [6.07, 6.45) is 3.09. The topological polar surface area (TPSA) is 69.9 Å². The van der Waals surface area contributed by atoms with Gasteiger partial charge in [-0.3, -0.25) is 4.79 Å². The molecule has 88 valence electrons. The molecule has 2 heterocycles. The molecule has 0 aliphatic rings. The summed E-state index contributed by atoms with van der Waals surface area (Å²) in [4.78, 5) is 19.6. The van der Waals surface area contributed by atoms with Crippen LogP contribution >= 0.6 is 0 Å². The number of hydrogen-bond donors (Lipinski definition) is 0. The summed E-state index contributed by atoms with van der Waals surface area (Å²) in [5, 5.41) is 4.10. The molecule has 0 aliphatic heterocycles. The number of Topliss-reactive ketones (excluding diaryl/α,β-unsaturated/α-hetero) is 1. The van der Waals surface area contributed by atoms with Gasteiger partial charge in [0.1, 0.15) is 0 Å². The normalized spacial score (nSPS) is 10.3. The van der Waals surface area contributed by atoms with Gasteiger partial charge in [0.15, 0.2) is 5.78 Å². The highest BCUT2D eigenvalue weighted by atomic mass is 16.5. The fourth-order valence-corrected chi connectivity index (χ4v) is 1.51. The van der Waals surface area contributed by atoms with Crippen molar-refractivity contribution in [2.75, 3.05) is 7.11 Å². The van der Waals surface area contributed by atoms with Crippen LogP contribution in [0.2, 0.25) is 0 Å². The van der Waals surface area contributed by atoms with Crippen molar-refractivity contribution in [1.29, 1.82) is 0 Å². The SMILES string of the molecule is COc1ccnc(-n2ncc(C(C)=O)c2C)n1. The van der Waals surface area contributed by atoms with Gasteiger partial charge < -0.3 is 4.74 Å². The summed E-state index contributed by atoms with van der Waals surface area (Å²) in [6.45, 7) is 3.30. The first kappa shape index (κ1) is 11.3. The second-order valence-corrected chi connectivity index (χ2v) is 3.51. The van der Waals surface area contributed by atoms with E-state index in [0.717, 1.165) is 0 Å². The van der Waals surface area contributed by atoms with Crippen LogP contribution in [0, 0.1) is 6.92 Å². The maximum Gasteiger partial charge on any atom is 0.254 e. The van der Waals surface area contributed by atoms with E-state index < -0.39 is 0 Å². The Morgan fingerprint density at radius 1 is 1.47 bits per heavy atom. The highest BCUT2D eigenvalue weighted by molar-refractivity contribution is 5.94. The average molecular weight is 232 g/mol. The van der Waals surface area contributed by atoms with E-state index in [0.29, 0.717) is 23.1 Å². The first-order valence-corrected chi connectivity index (χ1v) is 5.06. The standard InChI is InChI=1S/C11H12N4O2/c1-7-9(8(2)16)6-13-15(7)11-12-5-4-10(14-11)17-3/h4-6H,1-3H3. The zero-order valence-corrected chi connectivity index (χ0v) is 9.84. The summed E-state index contributed by atoms with van der Waals surface area (Å²) in [7, 11) is 1.53. The van der Waals surface area contributed by atoms with Gasteiger partial charge in [-0.2, -0.15) is 10.1 Å². The number of methoxy groups -OCH3 is 1. The number of ether oxygens (including phenoxy) is 1. The van der Waals surface area contributed by atoms with Crippen molar-refractivity contribution in [1.82, 2.24) is 19.7 Å². The monoisotopic (exact) mass is 232 g/mol. The first-order valence-electron chi connectivity index (χ1n) is 5.06. The third-order valence-electron chi connectivity index (χ3n) is 2.40. The number of carbonyl (C=O) groups excluding carboxylic acids is 1. The Labute approximate surface area is 98.3 Å². The van der Waals surface area contributed by atoms with Crippen LogP contribution in [0.25, 0.3) is 5.95 Å². The third-order valence-corrected chi connectivity index (χ3v) is 2.40. The van der Waals surface area contributed by atoms with E-state index in [9.17, 15) is 4.79 Å². The molecule has 2 aromatic heterocycles. The average Bonchev–Trinajstić information content (AvgIpc) is 2.71. The molecule has 2 aromatic rings. The lowest BCUT2D eigenvalue weighted by Gasteiger charge is -2.04. The molecule has 0 radical (unpaired) electrons. The fourth-order valence-electron chi connectivity index (χ4n) is 1.51. The predicted molar refractivity (Wildman–Crippen MR) is 60.4 cm³/mol. The molecule has 0 saturated carbocycles. The molecule has 0 atom stereocenters. The number of carbonyl (C=O) groups is 1. The molecule has 0 aromatic carbocycles. The lowest BCUT2D eigenvalue weighted by molar-refractivity contribution is 0.101. The van der Waals surface area contributed by atoms with Gasteiger partial charge in [-0.25, -0.2) is 9.67 Å². The second-order valence-electron chi connectivity index (χ2n) is 3.51. The lowest BCUT2D eigenvalue weighted by Crippen LogP contribution is -2.06. The number of nitrogens with zero attached hydrogens (tertiary/aromatic N) is 4. The lowest BCUT2D eigenvalue weighted by atomic mass is 10.2. The van der Waals surface area contributed by atoms with Crippen molar-refractivity contribution in [3.05, 3.63) is 29.7 Å². The van der Waals surface area contributed by atoms with E-state index in [2.05, 4.69) is 15.1 Å². The minimum Gasteiger partial charge on any atom is -0.481 e. The van der Waals surface area contributed by atoms with E-state index >= 15 is 0 Å². The molecule has 6 nitrogen and oxygen atoms in total. The quantitative estimate of drug-likeness (QED) is 0.743. The molecule has 2 rings (SSSR count). The van der Waals surface area contributed by atoms with Crippen molar-refractivity contribution < 1.29 is 9.53 Å². The molecular formula is C11H12N4O2. The molecule has 0 saturated heterocycles. The molecule has 0 fully saturated rings. The summed E-state index contributed by atoms with van der Waals surface area (Å²) in [6, 6.07) is 1.65. The van der Waals surface area contributed by atoms with Gasteiger partial charge in [-0.15, -0.1) is 0 Å². The predicted octanol–water partition coefficient (Wildman–Crippen LogP) is 1.18. The summed E-state index contributed by atoms with van der Waals surface area (Å²) >= 11 is 0. The number of rotatable bonds is 3. The Kier molecular flexibility index (Phi) is 2.86. The Morgan fingerprint density at radius 3 is 2.82 bits per heavy atom.